The van der Waals surface area contributed by atoms with Crippen LogP contribution in [0.1, 0.15) is 15.9 Å². The molecule has 2 aromatic rings. The molecule has 0 atom stereocenters. The third kappa shape index (κ3) is 3.45. The zero-order chi connectivity index (χ0) is 15.9. The fraction of sp³-hybridized carbons (Fsp3) is 0.0667. The van der Waals surface area contributed by atoms with Crippen molar-refractivity contribution >= 4 is 17.8 Å². The first-order valence-corrected chi connectivity index (χ1v) is 6.33. The Balaban J connectivity index is 2.13. The lowest BCUT2D eigenvalue weighted by atomic mass is 10.2. The minimum absolute atomic E-state index is 0.0512. The van der Waals surface area contributed by atoms with Gasteiger partial charge in [-0.2, -0.15) is 5.10 Å². The lowest BCUT2D eigenvalue weighted by molar-refractivity contribution is -0.385. The second kappa shape index (κ2) is 6.98. The molecule has 0 aliphatic rings. The first-order chi connectivity index (χ1) is 10.6. The molecule has 0 saturated heterocycles. The number of nitro benzene ring substituents is 1. The predicted molar refractivity (Wildman–Crippen MR) is 81.2 cm³/mol. The summed E-state index contributed by atoms with van der Waals surface area (Å²) in [5, 5.41) is 14.7. The van der Waals surface area contributed by atoms with Crippen LogP contribution in [0.15, 0.2) is 53.6 Å². The van der Waals surface area contributed by atoms with Crippen LogP contribution in [0.25, 0.3) is 0 Å². The van der Waals surface area contributed by atoms with E-state index >= 15 is 0 Å². The number of carbonyl (C=O) groups is 1. The van der Waals surface area contributed by atoms with Gasteiger partial charge in [0.25, 0.3) is 11.6 Å². The van der Waals surface area contributed by atoms with Crippen LogP contribution in [0.3, 0.4) is 0 Å². The summed E-state index contributed by atoms with van der Waals surface area (Å²) in [6, 6.07) is 12.8. The van der Waals surface area contributed by atoms with Gasteiger partial charge in [-0.05, 0) is 18.2 Å². The van der Waals surface area contributed by atoms with Gasteiger partial charge in [-0.15, -0.1) is 0 Å². The number of hydrogen-bond acceptors (Lipinski definition) is 5. The van der Waals surface area contributed by atoms with Crippen LogP contribution in [-0.4, -0.2) is 24.2 Å². The van der Waals surface area contributed by atoms with Crippen molar-refractivity contribution in [2.75, 3.05) is 7.11 Å². The van der Waals surface area contributed by atoms with Crippen molar-refractivity contribution < 1.29 is 14.5 Å². The summed E-state index contributed by atoms with van der Waals surface area (Å²) in [7, 11) is 1.53. The number of ether oxygens (including phenoxy) is 1. The van der Waals surface area contributed by atoms with Gasteiger partial charge >= 0.3 is 0 Å². The van der Waals surface area contributed by atoms with Gasteiger partial charge in [-0.25, -0.2) is 5.43 Å². The molecule has 2 aromatic carbocycles. The molecule has 1 amide bonds. The van der Waals surface area contributed by atoms with Crippen LogP contribution in [0.4, 0.5) is 5.69 Å². The Hall–Kier alpha value is -3.22. The summed E-state index contributed by atoms with van der Waals surface area (Å²) in [6.45, 7) is 0. The summed E-state index contributed by atoms with van der Waals surface area (Å²) < 4.78 is 5.14. The van der Waals surface area contributed by atoms with Crippen LogP contribution < -0.4 is 10.2 Å². The number of benzene rings is 2. The number of hydrazone groups is 1. The molecule has 22 heavy (non-hydrogen) atoms. The van der Waals surface area contributed by atoms with E-state index in [-0.39, 0.29) is 11.3 Å². The van der Waals surface area contributed by atoms with E-state index in [0.717, 1.165) is 0 Å². The molecule has 0 aliphatic carbocycles. The molecule has 112 valence electrons. The average Bonchev–Trinajstić information content (AvgIpc) is 2.55. The number of nitrogens with one attached hydrogen (secondary N) is 1. The highest BCUT2D eigenvalue weighted by Gasteiger charge is 2.18. The summed E-state index contributed by atoms with van der Waals surface area (Å²) >= 11 is 0. The van der Waals surface area contributed by atoms with Crippen LogP contribution in [-0.2, 0) is 0 Å². The van der Waals surface area contributed by atoms with Crippen molar-refractivity contribution in [3.63, 3.8) is 0 Å². The molecule has 0 aromatic heterocycles. The van der Waals surface area contributed by atoms with Crippen molar-refractivity contribution in [2.24, 2.45) is 5.10 Å². The molecule has 2 rings (SSSR count). The van der Waals surface area contributed by atoms with Crippen molar-refractivity contribution in [1.82, 2.24) is 5.43 Å². The first kappa shape index (κ1) is 15.2. The zero-order valence-corrected chi connectivity index (χ0v) is 11.7. The Morgan fingerprint density at radius 2 is 1.91 bits per heavy atom. The normalized spacial score (nSPS) is 10.4. The third-order valence-electron chi connectivity index (χ3n) is 2.85. The third-order valence-corrected chi connectivity index (χ3v) is 2.85. The molecule has 0 radical (unpaired) electrons. The topological polar surface area (TPSA) is 93.8 Å². The van der Waals surface area contributed by atoms with Gasteiger partial charge in [-0.1, -0.05) is 24.3 Å². The van der Waals surface area contributed by atoms with Gasteiger partial charge in [0.2, 0.25) is 0 Å². The maximum absolute atomic E-state index is 12.0. The minimum Gasteiger partial charge on any atom is -0.496 e. The minimum atomic E-state index is -0.654. The van der Waals surface area contributed by atoms with E-state index in [4.69, 9.17) is 4.74 Å². The molecule has 7 heteroatoms. The summed E-state index contributed by atoms with van der Waals surface area (Å²) in [6.07, 6.45) is 1.41. The van der Waals surface area contributed by atoms with Gasteiger partial charge in [0.1, 0.15) is 11.3 Å². The van der Waals surface area contributed by atoms with E-state index in [1.807, 2.05) is 6.07 Å². The maximum atomic E-state index is 12.0. The van der Waals surface area contributed by atoms with Crippen molar-refractivity contribution in [3.05, 3.63) is 69.8 Å². The Kier molecular flexibility index (Phi) is 4.81. The fourth-order valence-corrected chi connectivity index (χ4v) is 1.82. The van der Waals surface area contributed by atoms with E-state index in [1.165, 1.54) is 31.5 Å². The highest BCUT2D eigenvalue weighted by atomic mass is 16.6. The van der Waals surface area contributed by atoms with Crippen molar-refractivity contribution in [3.8, 4) is 5.75 Å². The number of amides is 1. The standard InChI is InChI=1S/C15H13N3O4/c1-22-14-9-5-2-6-11(14)10-16-17-15(19)12-7-3-4-8-13(12)18(20)21/h2-10H,1H3,(H,17,19)/b16-10-. The number of para-hydroxylation sites is 2. The fourth-order valence-electron chi connectivity index (χ4n) is 1.82. The molecule has 0 unspecified atom stereocenters. The van der Waals surface area contributed by atoms with Gasteiger partial charge in [-0.3, -0.25) is 14.9 Å². The maximum Gasteiger partial charge on any atom is 0.282 e. The summed E-state index contributed by atoms with van der Waals surface area (Å²) in [5.41, 5.74) is 2.62. The van der Waals surface area contributed by atoms with E-state index < -0.39 is 10.8 Å². The Bertz CT molecular complexity index is 728. The Morgan fingerprint density at radius 1 is 1.23 bits per heavy atom. The monoisotopic (exact) mass is 299 g/mol. The highest BCUT2D eigenvalue weighted by molar-refractivity contribution is 5.98. The molecule has 1 N–H and O–H groups in total. The predicted octanol–water partition coefficient (Wildman–Crippen LogP) is 2.37. The van der Waals surface area contributed by atoms with Crippen LogP contribution in [0.2, 0.25) is 0 Å². The lowest BCUT2D eigenvalue weighted by Crippen LogP contribution is -2.19. The molecular weight excluding hydrogens is 286 g/mol. The molecule has 0 aliphatic heterocycles. The van der Waals surface area contributed by atoms with E-state index in [2.05, 4.69) is 10.5 Å². The van der Waals surface area contributed by atoms with Gasteiger partial charge < -0.3 is 4.74 Å². The van der Waals surface area contributed by atoms with Crippen LogP contribution in [0, 0.1) is 10.1 Å². The number of hydrogen-bond donors (Lipinski definition) is 1. The molecule has 0 bridgehead atoms. The summed E-state index contributed by atoms with van der Waals surface area (Å²) in [5.74, 6) is -0.0513. The molecule has 0 saturated carbocycles. The zero-order valence-electron chi connectivity index (χ0n) is 11.7. The van der Waals surface area contributed by atoms with E-state index in [1.54, 1.807) is 24.3 Å². The SMILES string of the molecule is COc1ccccc1/C=N\NC(=O)c1ccccc1[N+](=O)[O-]. The largest absolute Gasteiger partial charge is 0.496 e. The number of rotatable bonds is 5. The Morgan fingerprint density at radius 3 is 2.64 bits per heavy atom. The number of carbonyl (C=O) groups excluding carboxylic acids is 1. The number of nitrogens with zero attached hydrogens (tertiary/aromatic N) is 2. The molecule has 0 heterocycles. The van der Waals surface area contributed by atoms with Crippen molar-refractivity contribution in [2.45, 2.75) is 0 Å². The first-order valence-electron chi connectivity index (χ1n) is 6.33. The van der Waals surface area contributed by atoms with E-state index in [9.17, 15) is 14.9 Å². The second-order valence-corrected chi connectivity index (χ2v) is 4.22. The van der Waals surface area contributed by atoms with Crippen molar-refractivity contribution in [1.29, 1.82) is 0 Å². The smallest absolute Gasteiger partial charge is 0.282 e. The molecule has 0 fully saturated rings. The lowest BCUT2D eigenvalue weighted by Gasteiger charge is -2.03. The second-order valence-electron chi connectivity index (χ2n) is 4.22. The van der Waals surface area contributed by atoms with E-state index in [0.29, 0.717) is 11.3 Å². The average molecular weight is 299 g/mol. The van der Waals surface area contributed by atoms with Crippen LogP contribution >= 0.6 is 0 Å². The van der Waals surface area contributed by atoms with Gasteiger partial charge in [0.05, 0.1) is 18.2 Å². The summed E-state index contributed by atoms with van der Waals surface area (Å²) in [4.78, 5) is 22.2. The highest BCUT2D eigenvalue weighted by Crippen LogP contribution is 2.17. The van der Waals surface area contributed by atoms with Crippen LogP contribution in [0.5, 0.6) is 5.75 Å². The van der Waals surface area contributed by atoms with Gasteiger partial charge in [0.15, 0.2) is 0 Å². The quantitative estimate of drug-likeness (QED) is 0.521. The molecule has 7 nitrogen and oxygen atoms in total. The number of methoxy groups -OCH3 is 1. The molecular formula is C15H13N3O4. The Labute approximate surface area is 126 Å². The van der Waals surface area contributed by atoms with Gasteiger partial charge in [0, 0.05) is 11.6 Å². The number of nitro groups is 1. The molecule has 0 spiro atoms.